The third kappa shape index (κ3) is 4.27. The maximum Gasteiger partial charge on any atom is 0.262 e. The Morgan fingerprint density at radius 3 is 2.71 bits per heavy atom. The summed E-state index contributed by atoms with van der Waals surface area (Å²) >= 11 is 7.63. The SMILES string of the molecule is O=c1c2ccccc2nc(SCc2cccc(Cl)c2)n1CC1COc2ccccc2O1. The summed E-state index contributed by atoms with van der Waals surface area (Å²) in [6, 6.07) is 22.7. The zero-order valence-corrected chi connectivity index (χ0v) is 18.1. The second-order valence-corrected chi connectivity index (χ2v) is 8.62. The first-order chi connectivity index (χ1) is 15.2. The van der Waals surface area contributed by atoms with E-state index in [9.17, 15) is 4.79 Å². The molecule has 31 heavy (non-hydrogen) atoms. The summed E-state index contributed by atoms with van der Waals surface area (Å²) in [7, 11) is 0. The molecule has 156 valence electrons. The van der Waals surface area contributed by atoms with Gasteiger partial charge in [-0.1, -0.05) is 59.8 Å². The summed E-state index contributed by atoms with van der Waals surface area (Å²) in [4.78, 5) is 18.1. The van der Waals surface area contributed by atoms with Crippen molar-refractivity contribution in [1.29, 1.82) is 0 Å². The van der Waals surface area contributed by atoms with Crippen LogP contribution in [0.5, 0.6) is 11.5 Å². The van der Waals surface area contributed by atoms with Crippen molar-refractivity contribution in [2.45, 2.75) is 23.6 Å². The Labute approximate surface area is 188 Å². The molecule has 0 radical (unpaired) electrons. The number of para-hydroxylation sites is 3. The number of aromatic nitrogens is 2. The molecule has 1 aromatic heterocycles. The number of rotatable bonds is 5. The van der Waals surface area contributed by atoms with E-state index in [4.69, 9.17) is 26.1 Å². The fourth-order valence-corrected chi connectivity index (χ4v) is 4.71. The number of thioether (sulfide) groups is 1. The first kappa shape index (κ1) is 20.0. The average molecular weight is 451 g/mol. The highest BCUT2D eigenvalue weighted by Crippen LogP contribution is 2.32. The molecule has 0 amide bonds. The fourth-order valence-electron chi connectivity index (χ4n) is 3.55. The van der Waals surface area contributed by atoms with Gasteiger partial charge in [0.25, 0.3) is 5.56 Å². The third-order valence-corrected chi connectivity index (χ3v) is 6.32. The van der Waals surface area contributed by atoms with E-state index in [1.807, 2.05) is 66.7 Å². The number of fused-ring (bicyclic) bond motifs is 2. The second-order valence-electron chi connectivity index (χ2n) is 7.24. The average Bonchev–Trinajstić information content (AvgIpc) is 2.80. The monoisotopic (exact) mass is 450 g/mol. The summed E-state index contributed by atoms with van der Waals surface area (Å²) in [6.45, 7) is 0.720. The first-order valence-corrected chi connectivity index (χ1v) is 11.3. The summed E-state index contributed by atoms with van der Waals surface area (Å²) < 4.78 is 13.6. The Morgan fingerprint density at radius 2 is 1.84 bits per heavy atom. The third-order valence-electron chi connectivity index (χ3n) is 5.04. The first-order valence-electron chi connectivity index (χ1n) is 9.93. The lowest BCUT2D eigenvalue weighted by Gasteiger charge is -2.27. The number of nitrogens with zero attached hydrogens (tertiary/aromatic N) is 2. The van der Waals surface area contributed by atoms with Crippen molar-refractivity contribution >= 4 is 34.3 Å². The van der Waals surface area contributed by atoms with Crippen LogP contribution >= 0.6 is 23.4 Å². The molecule has 7 heteroatoms. The molecule has 1 unspecified atom stereocenters. The number of halogens is 1. The van der Waals surface area contributed by atoms with E-state index in [1.165, 1.54) is 11.8 Å². The van der Waals surface area contributed by atoms with E-state index in [-0.39, 0.29) is 11.7 Å². The molecular weight excluding hydrogens is 432 g/mol. The zero-order chi connectivity index (χ0) is 21.2. The molecular formula is C24H19ClN2O3S. The molecule has 4 aromatic rings. The van der Waals surface area contributed by atoms with Gasteiger partial charge in [0.1, 0.15) is 6.61 Å². The topological polar surface area (TPSA) is 53.4 Å². The Morgan fingerprint density at radius 1 is 1.03 bits per heavy atom. The molecule has 0 bridgehead atoms. The lowest BCUT2D eigenvalue weighted by molar-refractivity contribution is 0.0757. The van der Waals surface area contributed by atoms with Gasteiger partial charge in [0, 0.05) is 10.8 Å². The summed E-state index contributed by atoms with van der Waals surface area (Å²) in [5.41, 5.74) is 1.67. The normalized spacial score (nSPS) is 15.2. The molecule has 2 heterocycles. The van der Waals surface area contributed by atoms with E-state index in [2.05, 4.69) is 0 Å². The van der Waals surface area contributed by atoms with Crippen molar-refractivity contribution in [3.63, 3.8) is 0 Å². The van der Waals surface area contributed by atoms with E-state index < -0.39 is 0 Å². The highest BCUT2D eigenvalue weighted by Gasteiger charge is 2.23. The second kappa shape index (κ2) is 8.65. The minimum Gasteiger partial charge on any atom is -0.486 e. The Balaban J connectivity index is 1.47. The minimum absolute atomic E-state index is 0.0818. The molecule has 1 aliphatic heterocycles. The Kier molecular flexibility index (Phi) is 5.57. The molecule has 5 nitrogen and oxygen atoms in total. The Bertz CT molecular complexity index is 1310. The number of benzene rings is 3. The van der Waals surface area contributed by atoms with Gasteiger partial charge >= 0.3 is 0 Å². The van der Waals surface area contributed by atoms with E-state index in [0.29, 0.717) is 45.7 Å². The van der Waals surface area contributed by atoms with E-state index in [1.54, 1.807) is 10.6 Å². The summed E-state index contributed by atoms with van der Waals surface area (Å²) in [6.07, 6.45) is -0.291. The van der Waals surface area contributed by atoms with Gasteiger partial charge < -0.3 is 9.47 Å². The molecule has 1 aliphatic rings. The smallest absolute Gasteiger partial charge is 0.262 e. The van der Waals surface area contributed by atoms with Crippen LogP contribution in [-0.4, -0.2) is 22.3 Å². The largest absolute Gasteiger partial charge is 0.486 e. The molecule has 5 rings (SSSR count). The Hall–Kier alpha value is -2.96. The van der Waals surface area contributed by atoms with E-state index >= 15 is 0 Å². The van der Waals surface area contributed by atoms with Crippen LogP contribution < -0.4 is 15.0 Å². The molecule has 0 saturated carbocycles. The van der Waals surface area contributed by atoms with Crippen molar-refractivity contribution < 1.29 is 9.47 Å². The van der Waals surface area contributed by atoms with Gasteiger partial charge in [0.05, 0.1) is 17.4 Å². The minimum atomic E-state index is -0.291. The number of hydrogen-bond acceptors (Lipinski definition) is 5. The van der Waals surface area contributed by atoms with Crippen molar-refractivity contribution in [1.82, 2.24) is 9.55 Å². The maximum atomic E-state index is 13.3. The van der Waals surface area contributed by atoms with Crippen LogP contribution in [0, 0.1) is 0 Å². The van der Waals surface area contributed by atoms with Crippen LogP contribution in [0.25, 0.3) is 10.9 Å². The highest BCUT2D eigenvalue weighted by molar-refractivity contribution is 7.98. The standard InChI is InChI=1S/C24H19ClN2O3S/c25-17-7-5-6-16(12-17)15-31-24-26-20-9-2-1-8-19(20)23(28)27(24)13-18-14-29-21-10-3-4-11-22(21)30-18/h1-12,18H,13-15H2. The number of hydrogen-bond donors (Lipinski definition) is 0. The molecule has 3 aromatic carbocycles. The van der Waals surface area contributed by atoms with Gasteiger partial charge in [-0.05, 0) is 42.0 Å². The lowest BCUT2D eigenvalue weighted by atomic mass is 10.2. The predicted octanol–water partition coefficient (Wildman–Crippen LogP) is 5.18. The van der Waals surface area contributed by atoms with Gasteiger partial charge in [-0.3, -0.25) is 9.36 Å². The van der Waals surface area contributed by atoms with E-state index in [0.717, 1.165) is 11.3 Å². The summed E-state index contributed by atoms with van der Waals surface area (Å²) in [5, 5.41) is 1.92. The molecule has 0 aliphatic carbocycles. The van der Waals surface area contributed by atoms with Gasteiger partial charge in [-0.15, -0.1) is 0 Å². The van der Waals surface area contributed by atoms with Crippen LogP contribution in [0.3, 0.4) is 0 Å². The van der Waals surface area contributed by atoms with Gasteiger partial charge in [0.2, 0.25) is 0 Å². The molecule has 0 fully saturated rings. The van der Waals surface area contributed by atoms with Crippen LogP contribution in [0.4, 0.5) is 0 Å². The van der Waals surface area contributed by atoms with Crippen LogP contribution in [0.15, 0.2) is 82.7 Å². The highest BCUT2D eigenvalue weighted by atomic mass is 35.5. The van der Waals surface area contributed by atoms with Crippen molar-refractivity contribution in [3.8, 4) is 11.5 Å². The van der Waals surface area contributed by atoms with Crippen molar-refractivity contribution in [3.05, 3.63) is 93.7 Å². The fraction of sp³-hybridized carbons (Fsp3) is 0.167. The predicted molar refractivity (Wildman–Crippen MR) is 123 cm³/mol. The van der Waals surface area contributed by atoms with Gasteiger partial charge in [-0.25, -0.2) is 4.98 Å². The van der Waals surface area contributed by atoms with Gasteiger partial charge in [0.15, 0.2) is 22.8 Å². The van der Waals surface area contributed by atoms with Crippen molar-refractivity contribution in [2.24, 2.45) is 0 Å². The summed E-state index contributed by atoms with van der Waals surface area (Å²) in [5.74, 6) is 2.06. The number of ether oxygens (including phenoxy) is 2. The molecule has 0 N–H and O–H groups in total. The van der Waals surface area contributed by atoms with Crippen molar-refractivity contribution in [2.75, 3.05) is 6.61 Å². The zero-order valence-electron chi connectivity index (χ0n) is 16.5. The lowest BCUT2D eigenvalue weighted by Crippen LogP contribution is -2.37. The molecule has 0 saturated heterocycles. The van der Waals surface area contributed by atoms with Crippen LogP contribution in [-0.2, 0) is 12.3 Å². The van der Waals surface area contributed by atoms with Crippen LogP contribution in [0.2, 0.25) is 5.02 Å². The van der Waals surface area contributed by atoms with Gasteiger partial charge in [-0.2, -0.15) is 0 Å². The molecule has 0 spiro atoms. The quantitative estimate of drug-likeness (QED) is 0.309. The maximum absolute atomic E-state index is 13.3. The molecule has 1 atom stereocenters. The van der Waals surface area contributed by atoms with Crippen LogP contribution in [0.1, 0.15) is 5.56 Å².